The molecule has 3 rings (SSSR count). The van der Waals surface area contributed by atoms with Gasteiger partial charge >= 0.3 is 0 Å². The molecule has 0 aliphatic carbocycles. The maximum absolute atomic E-state index is 12.5. The van der Waals surface area contributed by atoms with E-state index in [1.165, 1.54) is 6.20 Å². The number of hydrogen-bond donors (Lipinski definition) is 1. The molecule has 1 aliphatic heterocycles. The molecular formula is C19H23N3O3. The van der Waals surface area contributed by atoms with Crippen LogP contribution in [0, 0.1) is 12.8 Å². The van der Waals surface area contributed by atoms with Gasteiger partial charge in [0.1, 0.15) is 5.69 Å². The van der Waals surface area contributed by atoms with E-state index in [0.29, 0.717) is 18.9 Å². The van der Waals surface area contributed by atoms with Crippen molar-refractivity contribution in [1.29, 1.82) is 0 Å². The number of carbonyl (C=O) groups excluding carboxylic acids is 1. The smallest absolute Gasteiger partial charge is 0.271 e. The summed E-state index contributed by atoms with van der Waals surface area (Å²) in [5, 5.41) is 3.05. The van der Waals surface area contributed by atoms with Gasteiger partial charge in [-0.1, -0.05) is 19.9 Å². The molecule has 0 fully saturated rings. The van der Waals surface area contributed by atoms with E-state index in [2.05, 4.69) is 29.1 Å². The van der Waals surface area contributed by atoms with Crippen molar-refractivity contribution in [1.82, 2.24) is 15.3 Å². The van der Waals surface area contributed by atoms with Gasteiger partial charge in [-0.25, -0.2) is 4.98 Å². The minimum absolute atomic E-state index is 0.159. The second-order valence-corrected chi connectivity index (χ2v) is 6.49. The number of aryl methyl sites for hydroxylation is 1. The second-order valence-electron chi connectivity index (χ2n) is 6.49. The SMILES string of the molecule is Cc1cnc(C(=O)N[C@@H](c2ccc3c(c2)OCCCO3)C(C)C)cn1. The van der Waals surface area contributed by atoms with Gasteiger partial charge in [-0.3, -0.25) is 9.78 Å². The Morgan fingerprint density at radius 3 is 2.56 bits per heavy atom. The van der Waals surface area contributed by atoms with Crippen molar-refractivity contribution >= 4 is 5.91 Å². The van der Waals surface area contributed by atoms with E-state index in [1.54, 1.807) is 6.20 Å². The summed E-state index contributed by atoms with van der Waals surface area (Å²) < 4.78 is 11.4. The van der Waals surface area contributed by atoms with Gasteiger partial charge in [-0.15, -0.1) is 0 Å². The number of benzene rings is 1. The highest BCUT2D eigenvalue weighted by atomic mass is 16.5. The number of rotatable bonds is 4. The second kappa shape index (κ2) is 7.51. The first-order valence-electron chi connectivity index (χ1n) is 8.53. The van der Waals surface area contributed by atoms with Crippen molar-refractivity contribution in [2.75, 3.05) is 13.2 Å². The number of amides is 1. The molecule has 1 atom stereocenters. The Morgan fingerprint density at radius 1 is 1.12 bits per heavy atom. The van der Waals surface area contributed by atoms with Crippen LogP contribution in [-0.2, 0) is 0 Å². The summed E-state index contributed by atoms with van der Waals surface area (Å²) in [4.78, 5) is 20.8. The maximum atomic E-state index is 12.5. The molecule has 0 unspecified atom stereocenters. The normalized spacial score (nSPS) is 14.7. The fourth-order valence-electron chi connectivity index (χ4n) is 2.73. The van der Waals surface area contributed by atoms with Gasteiger partial charge in [0.05, 0.1) is 31.1 Å². The van der Waals surface area contributed by atoms with Crippen LogP contribution < -0.4 is 14.8 Å². The fraction of sp³-hybridized carbons (Fsp3) is 0.421. The summed E-state index contributed by atoms with van der Waals surface area (Å²) in [6.07, 6.45) is 3.95. The largest absolute Gasteiger partial charge is 0.490 e. The van der Waals surface area contributed by atoms with Crippen LogP contribution in [-0.4, -0.2) is 29.1 Å². The summed E-state index contributed by atoms with van der Waals surface area (Å²) in [5.41, 5.74) is 2.07. The summed E-state index contributed by atoms with van der Waals surface area (Å²) >= 11 is 0. The van der Waals surface area contributed by atoms with E-state index >= 15 is 0 Å². The number of hydrogen-bond acceptors (Lipinski definition) is 5. The first-order chi connectivity index (χ1) is 12.0. The molecule has 1 aliphatic rings. The summed E-state index contributed by atoms with van der Waals surface area (Å²) in [7, 11) is 0. The summed E-state index contributed by atoms with van der Waals surface area (Å²) in [5.74, 6) is 1.44. The third-order valence-electron chi connectivity index (χ3n) is 4.10. The molecule has 1 amide bonds. The molecule has 0 radical (unpaired) electrons. The number of carbonyl (C=O) groups is 1. The van der Waals surface area contributed by atoms with Gasteiger partial charge in [0.15, 0.2) is 11.5 Å². The molecule has 1 aromatic heterocycles. The van der Waals surface area contributed by atoms with Crippen molar-refractivity contribution in [2.24, 2.45) is 5.92 Å². The van der Waals surface area contributed by atoms with Gasteiger partial charge < -0.3 is 14.8 Å². The molecule has 132 valence electrons. The van der Waals surface area contributed by atoms with E-state index < -0.39 is 0 Å². The van der Waals surface area contributed by atoms with E-state index in [4.69, 9.17) is 9.47 Å². The highest BCUT2D eigenvalue weighted by Gasteiger charge is 2.22. The molecule has 2 heterocycles. The minimum Gasteiger partial charge on any atom is -0.490 e. The predicted molar refractivity (Wildman–Crippen MR) is 93.9 cm³/mol. The third-order valence-corrected chi connectivity index (χ3v) is 4.10. The quantitative estimate of drug-likeness (QED) is 0.925. The van der Waals surface area contributed by atoms with Crippen LogP contribution in [0.3, 0.4) is 0 Å². The topological polar surface area (TPSA) is 73.3 Å². The lowest BCUT2D eigenvalue weighted by Crippen LogP contribution is -2.32. The van der Waals surface area contributed by atoms with Gasteiger partial charge in [0, 0.05) is 12.6 Å². The van der Waals surface area contributed by atoms with Gasteiger partial charge in [-0.2, -0.15) is 0 Å². The lowest BCUT2D eigenvalue weighted by atomic mass is 9.95. The lowest BCUT2D eigenvalue weighted by Gasteiger charge is -2.23. The molecule has 0 spiro atoms. The van der Waals surface area contributed by atoms with Crippen LogP contribution in [0.2, 0.25) is 0 Å². The van der Waals surface area contributed by atoms with Gasteiger partial charge in [0.2, 0.25) is 0 Å². The van der Waals surface area contributed by atoms with Crippen LogP contribution in [0.4, 0.5) is 0 Å². The number of fused-ring (bicyclic) bond motifs is 1. The van der Waals surface area contributed by atoms with Gasteiger partial charge in [-0.05, 0) is 30.5 Å². The fourth-order valence-corrected chi connectivity index (χ4v) is 2.73. The Hall–Kier alpha value is -2.63. The van der Waals surface area contributed by atoms with Crippen molar-refractivity contribution < 1.29 is 14.3 Å². The number of nitrogens with zero attached hydrogens (tertiary/aromatic N) is 2. The van der Waals surface area contributed by atoms with E-state index in [0.717, 1.165) is 29.2 Å². The standard InChI is InChI=1S/C19H23N3O3/c1-12(2)18(22-19(23)15-11-20-13(3)10-21-15)14-5-6-16-17(9-14)25-8-4-7-24-16/h5-6,9-12,18H,4,7-8H2,1-3H3,(H,22,23)/t18-/m1/s1. The Balaban J connectivity index is 1.82. The summed E-state index contributed by atoms with van der Waals surface area (Å²) in [6.45, 7) is 7.25. The minimum atomic E-state index is -0.238. The Morgan fingerprint density at radius 2 is 1.88 bits per heavy atom. The molecular weight excluding hydrogens is 318 g/mol. The van der Waals surface area contributed by atoms with Crippen LogP contribution in [0.1, 0.15) is 48.1 Å². The van der Waals surface area contributed by atoms with Crippen LogP contribution >= 0.6 is 0 Å². The van der Waals surface area contributed by atoms with E-state index in [1.807, 2.05) is 25.1 Å². The van der Waals surface area contributed by atoms with Crippen LogP contribution in [0.15, 0.2) is 30.6 Å². The van der Waals surface area contributed by atoms with E-state index in [9.17, 15) is 4.79 Å². The average Bonchev–Trinajstić information content (AvgIpc) is 2.84. The molecule has 0 saturated heterocycles. The molecule has 0 saturated carbocycles. The molecule has 1 N–H and O–H groups in total. The number of aromatic nitrogens is 2. The van der Waals surface area contributed by atoms with Crippen molar-refractivity contribution in [3.8, 4) is 11.5 Å². The lowest BCUT2D eigenvalue weighted by molar-refractivity contribution is 0.0920. The summed E-state index contributed by atoms with van der Waals surface area (Å²) in [6, 6.07) is 5.67. The van der Waals surface area contributed by atoms with Crippen LogP contribution in [0.25, 0.3) is 0 Å². The highest BCUT2D eigenvalue weighted by Crippen LogP contribution is 2.34. The molecule has 6 nitrogen and oxygen atoms in total. The Bertz CT molecular complexity index is 744. The van der Waals surface area contributed by atoms with Crippen molar-refractivity contribution in [3.63, 3.8) is 0 Å². The zero-order chi connectivity index (χ0) is 17.8. The third kappa shape index (κ3) is 4.07. The van der Waals surface area contributed by atoms with Gasteiger partial charge in [0.25, 0.3) is 5.91 Å². The Kier molecular flexibility index (Phi) is 5.16. The zero-order valence-electron chi connectivity index (χ0n) is 14.8. The first-order valence-corrected chi connectivity index (χ1v) is 8.53. The average molecular weight is 341 g/mol. The molecule has 2 aromatic rings. The Labute approximate surface area is 147 Å². The van der Waals surface area contributed by atoms with Crippen molar-refractivity contribution in [3.05, 3.63) is 47.5 Å². The molecule has 0 bridgehead atoms. The zero-order valence-corrected chi connectivity index (χ0v) is 14.8. The number of ether oxygens (including phenoxy) is 2. The van der Waals surface area contributed by atoms with E-state index in [-0.39, 0.29) is 17.9 Å². The molecule has 6 heteroatoms. The monoisotopic (exact) mass is 341 g/mol. The highest BCUT2D eigenvalue weighted by molar-refractivity contribution is 5.92. The number of nitrogens with one attached hydrogen (secondary N) is 1. The predicted octanol–water partition coefficient (Wildman–Crippen LogP) is 3.07. The van der Waals surface area contributed by atoms with Crippen LogP contribution in [0.5, 0.6) is 11.5 Å². The molecule has 1 aromatic carbocycles. The maximum Gasteiger partial charge on any atom is 0.271 e. The first kappa shape index (κ1) is 17.2. The van der Waals surface area contributed by atoms with Crippen molar-refractivity contribution in [2.45, 2.75) is 33.2 Å². The molecule has 25 heavy (non-hydrogen) atoms.